The van der Waals surface area contributed by atoms with E-state index in [4.69, 9.17) is 18.0 Å². The van der Waals surface area contributed by atoms with Crippen LogP contribution < -0.4 is 11.1 Å². The Morgan fingerprint density at radius 3 is 1.95 bits per heavy atom. The molecule has 0 aromatic carbocycles. The second-order valence-electron chi connectivity index (χ2n) is 7.56. The smallest absolute Gasteiger partial charge is 0.223 e. The minimum Gasteiger partial charge on any atom is -0.391 e. The van der Waals surface area contributed by atoms with Crippen molar-refractivity contribution in [3.8, 4) is 0 Å². The molecule has 0 aromatic rings. The number of rotatable bonds is 5. The number of thiocarbonyl (C=S) groups is 1. The number of carbonyl (C=O) groups is 1. The second-order valence-corrected chi connectivity index (χ2v) is 8.00. The van der Waals surface area contributed by atoms with Gasteiger partial charge in [-0.3, -0.25) is 4.79 Å². The predicted octanol–water partition coefficient (Wildman–Crippen LogP) is 3.80. The third kappa shape index (κ3) is 4.41. The van der Waals surface area contributed by atoms with Crippen LogP contribution in [0.25, 0.3) is 0 Å². The third-order valence-corrected chi connectivity index (χ3v) is 5.75. The maximum Gasteiger partial charge on any atom is 0.223 e. The van der Waals surface area contributed by atoms with Crippen molar-refractivity contribution in [1.82, 2.24) is 5.32 Å². The van der Waals surface area contributed by atoms with E-state index in [0.717, 1.165) is 44.4 Å². The Hall–Kier alpha value is -0.640. The molecule has 4 heteroatoms. The maximum absolute atomic E-state index is 12.6. The van der Waals surface area contributed by atoms with Gasteiger partial charge in [0.15, 0.2) is 0 Å². The van der Waals surface area contributed by atoms with Crippen LogP contribution in [0, 0.1) is 17.3 Å². The first-order valence-corrected chi connectivity index (χ1v) is 8.69. The van der Waals surface area contributed by atoms with Crippen molar-refractivity contribution in [3.05, 3.63) is 0 Å². The standard InChI is InChI=1S/C17H32N2OS/c1-6-17(7-2,15(18)21)19-14(20)12-8-10-13(11-9-12)16(3,4)5/h12-13H,6-11H2,1-5H3,(H2,18,21)(H,19,20). The number of hydrogen-bond donors (Lipinski definition) is 2. The second kappa shape index (κ2) is 7.08. The summed E-state index contributed by atoms with van der Waals surface area (Å²) in [6, 6.07) is 0. The van der Waals surface area contributed by atoms with Crippen LogP contribution in [0.5, 0.6) is 0 Å². The maximum atomic E-state index is 12.6. The Morgan fingerprint density at radius 2 is 1.62 bits per heavy atom. The zero-order chi connectivity index (χ0) is 16.3. The number of carbonyl (C=O) groups excluding carboxylic acids is 1. The molecule has 0 heterocycles. The summed E-state index contributed by atoms with van der Waals surface area (Å²) < 4.78 is 0. The van der Waals surface area contributed by atoms with Crippen LogP contribution in [0.3, 0.4) is 0 Å². The lowest BCUT2D eigenvalue weighted by Gasteiger charge is -2.38. The monoisotopic (exact) mass is 312 g/mol. The van der Waals surface area contributed by atoms with E-state index in [2.05, 4.69) is 26.1 Å². The Balaban J connectivity index is 2.64. The number of nitrogens with one attached hydrogen (secondary N) is 1. The molecule has 0 aromatic heterocycles. The van der Waals surface area contributed by atoms with Crippen molar-refractivity contribution in [3.63, 3.8) is 0 Å². The lowest BCUT2D eigenvalue weighted by Crippen LogP contribution is -2.57. The van der Waals surface area contributed by atoms with E-state index in [1.807, 2.05) is 13.8 Å². The van der Waals surface area contributed by atoms with Crippen molar-refractivity contribution in [2.75, 3.05) is 0 Å². The van der Waals surface area contributed by atoms with Gasteiger partial charge in [0.25, 0.3) is 0 Å². The average molecular weight is 313 g/mol. The zero-order valence-corrected chi connectivity index (χ0v) is 15.1. The first kappa shape index (κ1) is 18.4. The molecule has 3 nitrogen and oxygen atoms in total. The molecule has 1 fully saturated rings. The molecule has 0 atom stereocenters. The lowest BCUT2D eigenvalue weighted by atomic mass is 9.69. The molecular formula is C17H32N2OS. The molecule has 0 unspecified atom stereocenters. The summed E-state index contributed by atoms with van der Waals surface area (Å²) in [5.74, 6) is 0.980. The van der Waals surface area contributed by atoms with E-state index in [-0.39, 0.29) is 11.8 Å². The van der Waals surface area contributed by atoms with Gasteiger partial charge in [-0.1, -0.05) is 46.8 Å². The fraction of sp³-hybridized carbons (Fsp3) is 0.882. The highest BCUT2D eigenvalue weighted by molar-refractivity contribution is 7.80. The van der Waals surface area contributed by atoms with Crippen LogP contribution in [-0.2, 0) is 4.79 Å². The summed E-state index contributed by atoms with van der Waals surface area (Å²) in [4.78, 5) is 13.0. The Labute approximate surface area is 135 Å². The van der Waals surface area contributed by atoms with E-state index in [1.165, 1.54) is 0 Å². The number of hydrogen-bond acceptors (Lipinski definition) is 2. The molecule has 0 radical (unpaired) electrons. The molecule has 3 N–H and O–H groups in total. The van der Waals surface area contributed by atoms with E-state index >= 15 is 0 Å². The van der Waals surface area contributed by atoms with Gasteiger partial charge in [-0.15, -0.1) is 0 Å². The summed E-state index contributed by atoms with van der Waals surface area (Å²) in [7, 11) is 0. The zero-order valence-electron chi connectivity index (χ0n) is 14.3. The van der Waals surface area contributed by atoms with Gasteiger partial charge in [-0.2, -0.15) is 0 Å². The molecule has 1 aliphatic carbocycles. The summed E-state index contributed by atoms with van der Waals surface area (Å²) in [5, 5.41) is 3.15. The number of amides is 1. The van der Waals surface area contributed by atoms with Crippen LogP contribution in [0.1, 0.15) is 73.1 Å². The largest absolute Gasteiger partial charge is 0.391 e. The van der Waals surface area contributed by atoms with Crippen molar-refractivity contribution in [2.24, 2.45) is 23.0 Å². The van der Waals surface area contributed by atoms with E-state index in [1.54, 1.807) is 0 Å². The summed E-state index contributed by atoms with van der Waals surface area (Å²) in [6.07, 6.45) is 5.74. The van der Waals surface area contributed by atoms with Gasteiger partial charge in [0.1, 0.15) is 0 Å². The fourth-order valence-corrected chi connectivity index (χ4v) is 3.74. The molecule has 122 valence electrons. The topological polar surface area (TPSA) is 55.1 Å². The predicted molar refractivity (Wildman–Crippen MR) is 93.1 cm³/mol. The van der Waals surface area contributed by atoms with E-state index < -0.39 is 5.54 Å². The molecule has 0 aliphatic heterocycles. The van der Waals surface area contributed by atoms with Crippen LogP contribution in [0.2, 0.25) is 0 Å². The normalized spacial score (nSPS) is 23.7. The van der Waals surface area contributed by atoms with Gasteiger partial charge < -0.3 is 11.1 Å². The van der Waals surface area contributed by atoms with Gasteiger partial charge >= 0.3 is 0 Å². The highest BCUT2D eigenvalue weighted by Crippen LogP contribution is 2.40. The lowest BCUT2D eigenvalue weighted by molar-refractivity contribution is -0.127. The molecule has 1 aliphatic rings. The Morgan fingerprint density at radius 1 is 1.14 bits per heavy atom. The highest BCUT2D eigenvalue weighted by Gasteiger charge is 2.36. The molecule has 0 bridgehead atoms. The van der Waals surface area contributed by atoms with Gasteiger partial charge in [0, 0.05) is 5.92 Å². The molecule has 0 spiro atoms. The van der Waals surface area contributed by atoms with Crippen LogP contribution in [0.4, 0.5) is 0 Å². The SMILES string of the molecule is CCC(CC)(NC(=O)C1CCC(C(C)(C)C)CC1)C(N)=S. The summed E-state index contributed by atoms with van der Waals surface area (Å²) in [5.41, 5.74) is 5.70. The minimum absolute atomic E-state index is 0.121. The minimum atomic E-state index is -0.507. The highest BCUT2D eigenvalue weighted by atomic mass is 32.1. The first-order chi connectivity index (χ1) is 9.66. The fourth-order valence-electron chi connectivity index (χ4n) is 3.40. The van der Waals surface area contributed by atoms with Gasteiger partial charge in [0.05, 0.1) is 10.5 Å². The Kier molecular flexibility index (Phi) is 6.21. The van der Waals surface area contributed by atoms with E-state index in [0.29, 0.717) is 10.4 Å². The van der Waals surface area contributed by atoms with Crippen LogP contribution in [-0.4, -0.2) is 16.4 Å². The summed E-state index contributed by atoms with van der Waals surface area (Å²) >= 11 is 5.18. The first-order valence-electron chi connectivity index (χ1n) is 8.28. The van der Waals surface area contributed by atoms with Gasteiger partial charge in [0.2, 0.25) is 5.91 Å². The van der Waals surface area contributed by atoms with Crippen molar-refractivity contribution in [1.29, 1.82) is 0 Å². The van der Waals surface area contributed by atoms with Crippen molar-refractivity contribution in [2.45, 2.75) is 78.7 Å². The van der Waals surface area contributed by atoms with E-state index in [9.17, 15) is 4.79 Å². The number of nitrogens with two attached hydrogens (primary N) is 1. The summed E-state index contributed by atoms with van der Waals surface area (Å²) in [6.45, 7) is 10.9. The van der Waals surface area contributed by atoms with Crippen molar-refractivity contribution >= 4 is 23.1 Å². The average Bonchev–Trinajstić information content (AvgIpc) is 2.43. The molecular weight excluding hydrogens is 280 g/mol. The molecule has 1 saturated carbocycles. The van der Waals surface area contributed by atoms with Gasteiger partial charge in [-0.05, 0) is 49.9 Å². The third-order valence-electron chi connectivity index (χ3n) is 5.36. The quantitative estimate of drug-likeness (QED) is 0.759. The molecule has 0 saturated heterocycles. The molecule has 1 amide bonds. The Bertz CT molecular complexity index is 375. The van der Waals surface area contributed by atoms with Crippen molar-refractivity contribution < 1.29 is 4.79 Å². The molecule has 21 heavy (non-hydrogen) atoms. The van der Waals surface area contributed by atoms with Crippen LogP contribution >= 0.6 is 12.2 Å². The van der Waals surface area contributed by atoms with Crippen LogP contribution in [0.15, 0.2) is 0 Å². The van der Waals surface area contributed by atoms with Gasteiger partial charge in [-0.25, -0.2) is 0 Å². The molecule has 1 rings (SSSR count).